The number of ketones is 1. The van der Waals surface area contributed by atoms with Gasteiger partial charge in [-0.05, 0) is 13.8 Å². The third kappa shape index (κ3) is 2.87. The van der Waals surface area contributed by atoms with Crippen LogP contribution in [0.2, 0.25) is 0 Å². The first-order chi connectivity index (χ1) is 6.82. The number of carbonyl (C=O) groups is 1. The molecule has 0 aromatic heterocycles. The Morgan fingerprint density at radius 2 is 1.73 bits per heavy atom. The Labute approximate surface area is 88.7 Å². The molecule has 0 saturated carbocycles. The van der Waals surface area contributed by atoms with Gasteiger partial charge in [0.05, 0.1) is 0 Å². The molecule has 0 amide bonds. The monoisotopic (exact) mass is 228 g/mol. The summed E-state index contributed by atoms with van der Waals surface area (Å²) < 4.78 is 30.2. The maximum atomic E-state index is 11.6. The molecule has 1 aromatic rings. The van der Waals surface area contributed by atoms with Crippen LogP contribution in [0.1, 0.15) is 22.8 Å². The third-order valence-electron chi connectivity index (χ3n) is 2.15. The molecule has 0 saturated heterocycles. The largest absolute Gasteiger partial charge is 0.293 e. The topological polar surface area (TPSA) is 71.4 Å². The molecule has 5 heteroatoms. The van der Waals surface area contributed by atoms with E-state index in [4.69, 9.17) is 4.55 Å². The molecule has 15 heavy (non-hydrogen) atoms. The van der Waals surface area contributed by atoms with Crippen molar-refractivity contribution in [1.29, 1.82) is 0 Å². The van der Waals surface area contributed by atoms with Crippen LogP contribution in [0.5, 0.6) is 0 Å². The highest BCUT2D eigenvalue weighted by Crippen LogP contribution is 2.10. The lowest BCUT2D eigenvalue weighted by molar-refractivity contribution is 0.0989. The molecule has 0 heterocycles. The lowest BCUT2D eigenvalue weighted by Crippen LogP contribution is -2.26. The van der Waals surface area contributed by atoms with Crippen LogP contribution in [0.15, 0.2) is 24.3 Å². The summed E-state index contributed by atoms with van der Waals surface area (Å²) in [6.07, 6.45) is 0. The molecular formula is C10H12O4S. The number of hydrogen-bond acceptors (Lipinski definition) is 3. The van der Waals surface area contributed by atoms with Crippen molar-refractivity contribution in [2.75, 3.05) is 0 Å². The number of benzene rings is 1. The summed E-state index contributed by atoms with van der Waals surface area (Å²) in [7, 11) is -4.31. The molecule has 0 aliphatic carbocycles. The van der Waals surface area contributed by atoms with E-state index in [-0.39, 0.29) is 5.56 Å². The quantitative estimate of drug-likeness (QED) is 0.628. The maximum Gasteiger partial charge on any atom is 0.275 e. The predicted molar refractivity (Wildman–Crippen MR) is 56.5 cm³/mol. The van der Waals surface area contributed by atoms with Crippen LogP contribution in [0.4, 0.5) is 0 Å². The lowest BCUT2D eigenvalue weighted by atomic mass is 10.1. The van der Waals surface area contributed by atoms with Gasteiger partial charge >= 0.3 is 0 Å². The molecule has 0 aliphatic heterocycles. The fraction of sp³-hybridized carbons (Fsp3) is 0.300. The first kappa shape index (κ1) is 11.9. The standard InChI is InChI=1S/C10H12O4S/c1-7-3-5-9(6-4-7)10(11)8(2)15(12,13)14/h3-6,8H,1-2H3,(H,12,13,14). The zero-order valence-corrected chi connectivity index (χ0v) is 9.28. The van der Waals surface area contributed by atoms with Crippen molar-refractivity contribution >= 4 is 15.9 Å². The molecule has 0 bridgehead atoms. The zero-order valence-electron chi connectivity index (χ0n) is 8.47. The molecule has 4 nitrogen and oxygen atoms in total. The average molecular weight is 228 g/mol. The van der Waals surface area contributed by atoms with E-state index in [9.17, 15) is 13.2 Å². The molecule has 1 N–H and O–H groups in total. The number of aryl methyl sites for hydroxylation is 1. The summed E-state index contributed by atoms with van der Waals surface area (Å²) in [4.78, 5) is 11.6. The van der Waals surface area contributed by atoms with Gasteiger partial charge in [-0.15, -0.1) is 0 Å². The molecular weight excluding hydrogens is 216 g/mol. The van der Waals surface area contributed by atoms with Gasteiger partial charge in [0, 0.05) is 5.56 Å². The summed E-state index contributed by atoms with van der Waals surface area (Å²) in [6.45, 7) is 3.03. The molecule has 82 valence electrons. The Kier molecular flexibility index (Phi) is 3.26. The molecule has 0 spiro atoms. The highest BCUT2D eigenvalue weighted by Gasteiger charge is 2.26. The fourth-order valence-electron chi connectivity index (χ4n) is 1.09. The third-order valence-corrected chi connectivity index (χ3v) is 3.26. The van der Waals surface area contributed by atoms with Crippen molar-refractivity contribution in [3.05, 3.63) is 35.4 Å². The van der Waals surface area contributed by atoms with Gasteiger partial charge in [-0.2, -0.15) is 8.42 Å². The van der Waals surface area contributed by atoms with E-state index in [1.54, 1.807) is 24.3 Å². The molecule has 0 aliphatic rings. The van der Waals surface area contributed by atoms with Crippen molar-refractivity contribution in [3.8, 4) is 0 Å². The van der Waals surface area contributed by atoms with Gasteiger partial charge in [-0.1, -0.05) is 29.8 Å². The summed E-state index contributed by atoms with van der Waals surface area (Å²) in [6, 6.07) is 6.51. The zero-order chi connectivity index (χ0) is 11.6. The van der Waals surface area contributed by atoms with Gasteiger partial charge in [-0.3, -0.25) is 9.35 Å². The van der Waals surface area contributed by atoms with Gasteiger partial charge in [0.2, 0.25) is 0 Å². The van der Waals surface area contributed by atoms with E-state index in [1.165, 1.54) is 0 Å². The fourth-order valence-corrected chi connectivity index (χ4v) is 1.49. The van der Waals surface area contributed by atoms with Gasteiger partial charge < -0.3 is 0 Å². The Morgan fingerprint density at radius 3 is 2.13 bits per heavy atom. The minimum Gasteiger partial charge on any atom is -0.293 e. The van der Waals surface area contributed by atoms with Crippen molar-refractivity contribution in [1.82, 2.24) is 0 Å². The SMILES string of the molecule is Cc1ccc(C(=O)C(C)S(=O)(=O)O)cc1. The Hall–Kier alpha value is -1.20. The van der Waals surface area contributed by atoms with Gasteiger partial charge in [-0.25, -0.2) is 0 Å². The van der Waals surface area contributed by atoms with Crippen LogP contribution in [-0.2, 0) is 10.1 Å². The Morgan fingerprint density at radius 1 is 1.27 bits per heavy atom. The van der Waals surface area contributed by atoms with E-state index in [0.717, 1.165) is 12.5 Å². The second-order valence-corrected chi connectivity index (χ2v) is 5.12. The first-order valence-electron chi connectivity index (χ1n) is 4.39. The van der Waals surface area contributed by atoms with Gasteiger partial charge in [0.25, 0.3) is 10.1 Å². The van der Waals surface area contributed by atoms with Crippen molar-refractivity contribution in [2.24, 2.45) is 0 Å². The smallest absolute Gasteiger partial charge is 0.275 e. The second kappa shape index (κ2) is 4.12. The number of hydrogen-bond donors (Lipinski definition) is 1. The first-order valence-corrected chi connectivity index (χ1v) is 5.90. The lowest BCUT2D eigenvalue weighted by Gasteiger charge is -2.06. The van der Waals surface area contributed by atoms with Crippen molar-refractivity contribution < 1.29 is 17.8 Å². The van der Waals surface area contributed by atoms with Gasteiger partial charge in [0.15, 0.2) is 5.78 Å². The van der Waals surface area contributed by atoms with Crippen molar-refractivity contribution in [3.63, 3.8) is 0 Å². The van der Waals surface area contributed by atoms with Crippen LogP contribution in [0, 0.1) is 6.92 Å². The molecule has 0 fully saturated rings. The number of carbonyl (C=O) groups excluding carboxylic acids is 1. The normalized spacial score (nSPS) is 13.5. The number of Topliss-reactive ketones (excluding diaryl/α,β-unsaturated/α-hetero) is 1. The summed E-state index contributed by atoms with van der Waals surface area (Å²) in [5.41, 5.74) is 1.26. The molecule has 0 radical (unpaired) electrons. The Balaban J connectivity index is 3.01. The van der Waals surface area contributed by atoms with E-state index >= 15 is 0 Å². The van der Waals surface area contributed by atoms with Crippen LogP contribution in [0.25, 0.3) is 0 Å². The minimum atomic E-state index is -4.31. The number of rotatable bonds is 3. The molecule has 1 unspecified atom stereocenters. The second-order valence-electron chi connectivity index (χ2n) is 3.39. The average Bonchev–Trinajstić information content (AvgIpc) is 2.15. The minimum absolute atomic E-state index is 0.283. The van der Waals surface area contributed by atoms with Crippen LogP contribution in [-0.4, -0.2) is 24.0 Å². The highest BCUT2D eigenvalue weighted by molar-refractivity contribution is 7.87. The molecule has 1 atom stereocenters. The van der Waals surface area contributed by atoms with Crippen molar-refractivity contribution in [2.45, 2.75) is 19.1 Å². The van der Waals surface area contributed by atoms with Crippen LogP contribution < -0.4 is 0 Å². The summed E-state index contributed by atoms with van der Waals surface area (Å²) in [5, 5.41) is -1.42. The van der Waals surface area contributed by atoms with E-state index < -0.39 is 21.2 Å². The highest BCUT2D eigenvalue weighted by atomic mass is 32.2. The maximum absolute atomic E-state index is 11.6. The van der Waals surface area contributed by atoms with E-state index in [0.29, 0.717) is 0 Å². The van der Waals surface area contributed by atoms with Crippen LogP contribution in [0.3, 0.4) is 0 Å². The molecule has 1 rings (SSSR count). The summed E-state index contributed by atoms with van der Waals surface area (Å²) >= 11 is 0. The summed E-state index contributed by atoms with van der Waals surface area (Å²) in [5.74, 6) is -0.600. The van der Waals surface area contributed by atoms with E-state index in [2.05, 4.69) is 0 Å². The molecule has 1 aromatic carbocycles. The van der Waals surface area contributed by atoms with Gasteiger partial charge in [0.1, 0.15) is 5.25 Å². The predicted octanol–water partition coefficient (Wildman–Crippen LogP) is 1.45. The van der Waals surface area contributed by atoms with Crippen LogP contribution >= 0.6 is 0 Å². The van der Waals surface area contributed by atoms with E-state index in [1.807, 2.05) is 6.92 Å². The Bertz CT molecular complexity index is 459.